The van der Waals surface area contributed by atoms with E-state index in [2.05, 4.69) is 15.6 Å². The second-order valence-electron chi connectivity index (χ2n) is 7.01. The number of aliphatic imine (C=N–C) groups is 1. The van der Waals surface area contributed by atoms with E-state index in [9.17, 15) is 4.39 Å². The molecule has 3 aliphatic rings. The Labute approximate surface area is 136 Å². The Balaban J connectivity index is 1.39. The van der Waals surface area contributed by atoms with Crippen molar-refractivity contribution >= 4 is 5.96 Å². The van der Waals surface area contributed by atoms with Crippen molar-refractivity contribution in [2.24, 2.45) is 16.3 Å². The summed E-state index contributed by atoms with van der Waals surface area (Å²) in [7, 11) is 1.79. The lowest BCUT2D eigenvalue weighted by Gasteiger charge is -2.63. The molecule has 0 amide bonds. The van der Waals surface area contributed by atoms with Gasteiger partial charge in [-0.05, 0) is 37.0 Å². The first-order valence-electron chi connectivity index (χ1n) is 8.56. The molecule has 1 saturated heterocycles. The fourth-order valence-corrected chi connectivity index (χ4v) is 4.63. The van der Waals surface area contributed by atoms with Gasteiger partial charge in [0, 0.05) is 37.6 Å². The first-order chi connectivity index (χ1) is 11.2. The monoisotopic (exact) mass is 317 g/mol. The van der Waals surface area contributed by atoms with Crippen molar-refractivity contribution < 1.29 is 9.13 Å². The Kier molecular flexibility index (Phi) is 3.76. The second-order valence-corrected chi connectivity index (χ2v) is 7.01. The third kappa shape index (κ3) is 2.42. The maximum absolute atomic E-state index is 13.3. The van der Waals surface area contributed by atoms with Crippen LogP contribution >= 0.6 is 0 Å². The van der Waals surface area contributed by atoms with Gasteiger partial charge in [-0.15, -0.1) is 0 Å². The number of halogens is 1. The summed E-state index contributed by atoms with van der Waals surface area (Å²) in [5.74, 6) is 1.21. The largest absolute Gasteiger partial charge is 0.377 e. The first kappa shape index (κ1) is 14.9. The molecular formula is C18H24FN3O. The maximum atomic E-state index is 13.3. The van der Waals surface area contributed by atoms with E-state index in [1.54, 1.807) is 19.2 Å². The van der Waals surface area contributed by atoms with E-state index in [1.165, 1.54) is 25.3 Å². The molecular weight excluding hydrogens is 293 g/mol. The van der Waals surface area contributed by atoms with Gasteiger partial charge in [0.2, 0.25) is 0 Å². The number of nitrogens with zero attached hydrogens (tertiary/aromatic N) is 1. The molecule has 2 saturated carbocycles. The molecule has 0 bridgehead atoms. The Bertz CT molecular complexity index is 614. The van der Waals surface area contributed by atoms with E-state index in [4.69, 9.17) is 4.74 Å². The Morgan fingerprint density at radius 1 is 1.43 bits per heavy atom. The van der Waals surface area contributed by atoms with Crippen LogP contribution in [0.3, 0.4) is 0 Å². The average molecular weight is 317 g/mol. The van der Waals surface area contributed by atoms with Gasteiger partial charge in [-0.2, -0.15) is 0 Å². The lowest BCUT2D eigenvalue weighted by molar-refractivity contribution is -0.171. The first-order valence-corrected chi connectivity index (χ1v) is 8.56. The smallest absolute Gasteiger partial charge is 0.191 e. The summed E-state index contributed by atoms with van der Waals surface area (Å²) in [5.41, 5.74) is 1.25. The van der Waals surface area contributed by atoms with Crippen LogP contribution in [0.4, 0.5) is 4.39 Å². The van der Waals surface area contributed by atoms with Crippen molar-refractivity contribution in [3.05, 3.63) is 35.6 Å². The van der Waals surface area contributed by atoms with Crippen LogP contribution in [0.1, 0.15) is 31.2 Å². The van der Waals surface area contributed by atoms with Crippen LogP contribution in [0.5, 0.6) is 0 Å². The SMILES string of the molecule is CN=C(NCc1cccc(F)c1)NC1C2CCOC2C12CCC2. The molecule has 1 aromatic carbocycles. The molecule has 0 aromatic heterocycles. The molecule has 1 spiro atoms. The molecule has 5 heteroatoms. The molecule has 23 heavy (non-hydrogen) atoms. The normalized spacial score (nSPS) is 31.2. The molecule has 0 radical (unpaired) electrons. The summed E-state index contributed by atoms with van der Waals surface area (Å²) in [6, 6.07) is 7.13. The topological polar surface area (TPSA) is 45.7 Å². The molecule has 2 aliphatic carbocycles. The molecule has 1 aromatic rings. The zero-order valence-electron chi connectivity index (χ0n) is 13.5. The van der Waals surface area contributed by atoms with Crippen LogP contribution < -0.4 is 10.6 Å². The Morgan fingerprint density at radius 2 is 2.30 bits per heavy atom. The van der Waals surface area contributed by atoms with Crippen LogP contribution in [0.25, 0.3) is 0 Å². The number of fused-ring (bicyclic) bond motifs is 2. The third-order valence-corrected chi connectivity index (χ3v) is 5.90. The van der Waals surface area contributed by atoms with Crippen molar-refractivity contribution in [2.45, 2.75) is 44.4 Å². The van der Waals surface area contributed by atoms with Crippen LogP contribution in [0.2, 0.25) is 0 Å². The van der Waals surface area contributed by atoms with E-state index in [0.717, 1.165) is 24.6 Å². The predicted molar refractivity (Wildman–Crippen MR) is 87.7 cm³/mol. The molecule has 2 N–H and O–H groups in total. The highest BCUT2D eigenvalue weighted by molar-refractivity contribution is 5.80. The van der Waals surface area contributed by atoms with Crippen LogP contribution in [0.15, 0.2) is 29.3 Å². The summed E-state index contributed by atoms with van der Waals surface area (Å²) in [5, 5.41) is 6.93. The number of rotatable bonds is 3. The molecule has 124 valence electrons. The fourth-order valence-electron chi connectivity index (χ4n) is 4.63. The van der Waals surface area contributed by atoms with E-state index in [1.807, 2.05) is 6.07 Å². The summed E-state index contributed by atoms with van der Waals surface area (Å²) in [6.07, 6.45) is 5.42. The number of ether oxygens (including phenoxy) is 1. The van der Waals surface area contributed by atoms with Gasteiger partial charge in [0.1, 0.15) is 5.82 Å². The van der Waals surface area contributed by atoms with Gasteiger partial charge in [-0.25, -0.2) is 4.39 Å². The number of benzene rings is 1. The lowest BCUT2D eigenvalue weighted by atomic mass is 9.46. The minimum Gasteiger partial charge on any atom is -0.377 e. The fraction of sp³-hybridized carbons (Fsp3) is 0.611. The summed E-state index contributed by atoms with van der Waals surface area (Å²) >= 11 is 0. The number of hydrogen-bond donors (Lipinski definition) is 2. The van der Waals surface area contributed by atoms with Gasteiger partial charge in [0.25, 0.3) is 0 Å². The van der Waals surface area contributed by atoms with Crippen molar-refractivity contribution in [1.82, 2.24) is 10.6 Å². The zero-order chi connectivity index (χ0) is 15.9. The lowest BCUT2D eigenvalue weighted by Crippen LogP contribution is -2.72. The van der Waals surface area contributed by atoms with Gasteiger partial charge in [-0.3, -0.25) is 4.99 Å². The van der Waals surface area contributed by atoms with E-state index < -0.39 is 0 Å². The average Bonchev–Trinajstić information content (AvgIpc) is 2.91. The van der Waals surface area contributed by atoms with Gasteiger partial charge in [0.15, 0.2) is 5.96 Å². The summed E-state index contributed by atoms with van der Waals surface area (Å²) in [4.78, 5) is 4.35. The quantitative estimate of drug-likeness (QED) is 0.665. The minimum atomic E-state index is -0.203. The molecule has 3 unspecified atom stereocenters. The predicted octanol–water partition coefficient (Wildman–Crippen LogP) is 2.45. The van der Waals surface area contributed by atoms with E-state index in [0.29, 0.717) is 30.0 Å². The highest BCUT2D eigenvalue weighted by Crippen LogP contribution is 2.62. The number of guanidine groups is 1. The summed E-state index contributed by atoms with van der Waals surface area (Å²) in [6.45, 7) is 1.46. The van der Waals surface area contributed by atoms with E-state index >= 15 is 0 Å². The van der Waals surface area contributed by atoms with Crippen LogP contribution in [-0.4, -0.2) is 31.8 Å². The highest BCUT2D eigenvalue weighted by Gasteiger charge is 2.66. The minimum absolute atomic E-state index is 0.203. The Hall–Kier alpha value is -1.62. The Morgan fingerprint density at radius 3 is 3.00 bits per heavy atom. The highest BCUT2D eigenvalue weighted by atomic mass is 19.1. The standard InChI is InChI=1S/C18H24FN3O/c1-20-17(21-11-12-4-2-5-13(19)10-12)22-15-14-6-9-23-16(14)18(15)7-3-8-18/h2,4-5,10,14-16H,3,6-9,11H2,1H3,(H2,20,21,22). The van der Waals surface area contributed by atoms with Crippen LogP contribution in [0, 0.1) is 17.2 Å². The molecule has 4 nitrogen and oxygen atoms in total. The van der Waals surface area contributed by atoms with Gasteiger partial charge < -0.3 is 15.4 Å². The maximum Gasteiger partial charge on any atom is 0.191 e. The molecule has 1 aliphatic heterocycles. The second kappa shape index (κ2) is 5.78. The van der Waals surface area contributed by atoms with Crippen LogP contribution in [-0.2, 0) is 11.3 Å². The van der Waals surface area contributed by atoms with Crippen molar-refractivity contribution in [2.75, 3.05) is 13.7 Å². The van der Waals surface area contributed by atoms with Crippen molar-refractivity contribution in [3.8, 4) is 0 Å². The van der Waals surface area contributed by atoms with Gasteiger partial charge in [0.05, 0.1) is 6.10 Å². The van der Waals surface area contributed by atoms with E-state index in [-0.39, 0.29) is 5.82 Å². The molecule has 3 atom stereocenters. The molecule has 1 heterocycles. The van der Waals surface area contributed by atoms with Gasteiger partial charge in [-0.1, -0.05) is 18.6 Å². The number of nitrogens with one attached hydrogen (secondary N) is 2. The number of hydrogen-bond acceptors (Lipinski definition) is 2. The van der Waals surface area contributed by atoms with Crippen molar-refractivity contribution in [1.29, 1.82) is 0 Å². The molecule has 3 fully saturated rings. The van der Waals surface area contributed by atoms with Crippen molar-refractivity contribution in [3.63, 3.8) is 0 Å². The summed E-state index contributed by atoms with van der Waals surface area (Å²) < 4.78 is 19.2. The third-order valence-electron chi connectivity index (χ3n) is 5.90. The zero-order valence-corrected chi connectivity index (χ0v) is 13.5. The van der Waals surface area contributed by atoms with Gasteiger partial charge >= 0.3 is 0 Å². The molecule has 4 rings (SSSR count).